The second-order valence-electron chi connectivity index (χ2n) is 8.11. The number of hydrogen-bond acceptors (Lipinski definition) is 3. The van der Waals surface area contributed by atoms with E-state index in [4.69, 9.17) is 63.3 Å². The molecule has 178 valence electrons. The van der Waals surface area contributed by atoms with E-state index in [1.165, 1.54) is 12.1 Å². The molecule has 3 aromatic carbocycles. The Morgan fingerprint density at radius 1 is 0.943 bits per heavy atom. The molecule has 0 unspecified atom stereocenters. The van der Waals surface area contributed by atoms with Gasteiger partial charge in [0.25, 0.3) is 5.91 Å². The summed E-state index contributed by atoms with van der Waals surface area (Å²) < 4.78 is -1.34. The molecule has 1 aliphatic rings. The summed E-state index contributed by atoms with van der Waals surface area (Å²) in [6, 6.07) is 16.4. The predicted octanol–water partition coefficient (Wildman–Crippen LogP) is 7.61. The Morgan fingerprint density at radius 2 is 1.63 bits per heavy atom. The Morgan fingerprint density at radius 3 is 2.26 bits per heavy atom. The molecule has 0 aromatic heterocycles. The number of nitrogens with zero attached hydrogens (tertiary/aromatic N) is 1. The van der Waals surface area contributed by atoms with Crippen molar-refractivity contribution in [2.75, 3.05) is 10.6 Å². The maximum absolute atomic E-state index is 13.0. The van der Waals surface area contributed by atoms with Crippen molar-refractivity contribution in [2.24, 2.45) is 5.92 Å². The zero-order valence-corrected chi connectivity index (χ0v) is 21.8. The molecule has 0 spiro atoms. The van der Waals surface area contributed by atoms with Gasteiger partial charge in [0.2, 0.25) is 5.91 Å². The van der Waals surface area contributed by atoms with Crippen LogP contribution in [0, 0.1) is 24.2 Å². The molecule has 0 saturated heterocycles. The zero-order chi connectivity index (χ0) is 25.5. The van der Waals surface area contributed by atoms with Crippen molar-refractivity contribution >= 4 is 81.2 Å². The number of anilines is 2. The number of nitrogens with one attached hydrogen (secondary N) is 2. The van der Waals surface area contributed by atoms with Gasteiger partial charge in [-0.2, -0.15) is 5.26 Å². The van der Waals surface area contributed by atoms with E-state index in [2.05, 4.69) is 10.6 Å². The summed E-state index contributed by atoms with van der Waals surface area (Å²) in [6.07, 6.45) is 0. The third-order valence-electron chi connectivity index (χ3n) is 5.66. The number of carbonyl (C=O) groups is 2. The van der Waals surface area contributed by atoms with Crippen molar-refractivity contribution in [3.63, 3.8) is 0 Å². The normalized spacial score (nSPS) is 17.9. The van der Waals surface area contributed by atoms with Crippen molar-refractivity contribution in [2.45, 2.75) is 17.2 Å². The minimum atomic E-state index is -1.34. The Balaban J connectivity index is 1.51. The van der Waals surface area contributed by atoms with E-state index in [-0.39, 0.29) is 10.6 Å². The van der Waals surface area contributed by atoms with Crippen LogP contribution in [0.15, 0.2) is 54.6 Å². The van der Waals surface area contributed by atoms with Crippen LogP contribution in [0.1, 0.15) is 33.0 Å². The zero-order valence-electron chi connectivity index (χ0n) is 18.0. The molecule has 0 radical (unpaired) electrons. The van der Waals surface area contributed by atoms with Gasteiger partial charge in [0.1, 0.15) is 4.33 Å². The lowest BCUT2D eigenvalue weighted by molar-refractivity contribution is -0.117. The molecule has 1 fully saturated rings. The third kappa shape index (κ3) is 5.38. The van der Waals surface area contributed by atoms with Crippen LogP contribution in [0.25, 0.3) is 0 Å². The van der Waals surface area contributed by atoms with Gasteiger partial charge in [0, 0.05) is 27.3 Å². The van der Waals surface area contributed by atoms with Crippen LogP contribution in [-0.4, -0.2) is 16.1 Å². The van der Waals surface area contributed by atoms with E-state index in [0.29, 0.717) is 32.5 Å². The van der Waals surface area contributed by atoms with Gasteiger partial charge in [-0.05, 0) is 72.6 Å². The van der Waals surface area contributed by atoms with Crippen LogP contribution in [0.2, 0.25) is 15.1 Å². The second kappa shape index (κ2) is 9.89. The summed E-state index contributed by atoms with van der Waals surface area (Å²) in [5, 5.41) is 15.6. The fraction of sp³-hybridized carbons (Fsp3) is 0.160. The summed E-state index contributed by atoms with van der Waals surface area (Å²) in [5.41, 5.74) is 2.90. The fourth-order valence-electron chi connectivity index (χ4n) is 3.88. The molecular weight excluding hydrogens is 552 g/mol. The number of nitriles is 1. The quantitative estimate of drug-likeness (QED) is 0.312. The van der Waals surface area contributed by atoms with Crippen LogP contribution < -0.4 is 10.6 Å². The van der Waals surface area contributed by atoms with Crippen molar-refractivity contribution < 1.29 is 9.59 Å². The lowest BCUT2D eigenvalue weighted by atomic mass is 10.1. The molecule has 2 amide bonds. The van der Waals surface area contributed by atoms with Gasteiger partial charge in [-0.1, -0.05) is 34.8 Å². The molecule has 0 aliphatic heterocycles. The third-order valence-corrected chi connectivity index (χ3v) is 7.37. The van der Waals surface area contributed by atoms with Crippen LogP contribution in [0.3, 0.4) is 0 Å². The molecule has 0 heterocycles. The number of amides is 2. The number of alkyl halides is 2. The summed E-state index contributed by atoms with van der Waals surface area (Å²) in [4.78, 5) is 25.9. The first-order chi connectivity index (χ1) is 16.5. The monoisotopic (exact) mass is 565 g/mol. The van der Waals surface area contributed by atoms with E-state index in [1.54, 1.807) is 49.4 Å². The van der Waals surface area contributed by atoms with E-state index < -0.39 is 28.0 Å². The Hall–Kier alpha value is -2.46. The molecule has 1 saturated carbocycles. The number of hydrogen-bond donors (Lipinski definition) is 2. The van der Waals surface area contributed by atoms with Crippen LogP contribution in [0.5, 0.6) is 0 Å². The summed E-state index contributed by atoms with van der Waals surface area (Å²) in [7, 11) is 0. The van der Waals surface area contributed by atoms with Gasteiger partial charge < -0.3 is 10.6 Å². The SMILES string of the molecule is Cc1cc(C#N)ccc1NC(=O)c1cc(NC(=O)[C@@H]2[C@@H](c3cc(Cl)cc(Cl)c3)C2(Cl)Cl)ccc1Cl. The van der Waals surface area contributed by atoms with Crippen molar-refractivity contribution in [1.82, 2.24) is 0 Å². The molecular formula is C25H16Cl5N3O2. The Labute approximate surface area is 226 Å². The lowest BCUT2D eigenvalue weighted by Gasteiger charge is -2.12. The average molecular weight is 568 g/mol. The largest absolute Gasteiger partial charge is 0.326 e. The smallest absolute Gasteiger partial charge is 0.257 e. The van der Waals surface area contributed by atoms with Gasteiger partial charge in [-0.3, -0.25) is 9.59 Å². The van der Waals surface area contributed by atoms with Crippen LogP contribution in [-0.2, 0) is 4.79 Å². The molecule has 5 nitrogen and oxygen atoms in total. The molecule has 0 bridgehead atoms. The first-order valence-electron chi connectivity index (χ1n) is 10.3. The fourth-order valence-corrected chi connectivity index (χ4v) is 5.46. The molecule has 2 N–H and O–H groups in total. The average Bonchev–Trinajstić information content (AvgIpc) is 3.37. The van der Waals surface area contributed by atoms with E-state index >= 15 is 0 Å². The summed E-state index contributed by atoms with van der Waals surface area (Å²) in [6.45, 7) is 1.78. The first-order valence-corrected chi connectivity index (χ1v) is 12.2. The summed E-state index contributed by atoms with van der Waals surface area (Å²) >= 11 is 31.3. The first kappa shape index (κ1) is 25.6. The number of benzene rings is 3. The second-order valence-corrected chi connectivity index (χ2v) is 10.8. The molecule has 3 aromatic rings. The van der Waals surface area contributed by atoms with Gasteiger partial charge in [0.15, 0.2) is 0 Å². The maximum atomic E-state index is 13.0. The lowest BCUT2D eigenvalue weighted by Crippen LogP contribution is -2.18. The molecule has 10 heteroatoms. The maximum Gasteiger partial charge on any atom is 0.257 e. The topological polar surface area (TPSA) is 82.0 Å². The molecule has 2 atom stereocenters. The minimum absolute atomic E-state index is 0.158. The van der Waals surface area contributed by atoms with Gasteiger partial charge in [-0.15, -0.1) is 23.2 Å². The standard InChI is InChI=1S/C25H16Cl5N3O2/c1-12-6-13(11-31)2-5-20(12)33-23(34)18-10-17(3-4-19(18)28)32-24(35)22-21(25(22,29)30)14-7-15(26)9-16(27)8-14/h2-10,21-22H,1H3,(H,32,35)(H,33,34)/t21-,22+/m1/s1. The van der Waals surface area contributed by atoms with Crippen molar-refractivity contribution in [3.8, 4) is 6.07 Å². The van der Waals surface area contributed by atoms with Crippen molar-refractivity contribution in [1.29, 1.82) is 5.26 Å². The van der Waals surface area contributed by atoms with E-state index in [1.807, 2.05) is 6.07 Å². The highest BCUT2D eigenvalue weighted by molar-refractivity contribution is 6.53. The number of halogens is 5. The minimum Gasteiger partial charge on any atom is -0.326 e. The van der Waals surface area contributed by atoms with Crippen LogP contribution >= 0.6 is 58.0 Å². The molecule has 1 aliphatic carbocycles. The van der Waals surface area contributed by atoms with Gasteiger partial charge in [0.05, 0.1) is 28.1 Å². The van der Waals surface area contributed by atoms with E-state index in [9.17, 15) is 9.59 Å². The number of rotatable bonds is 5. The van der Waals surface area contributed by atoms with Gasteiger partial charge >= 0.3 is 0 Å². The highest BCUT2D eigenvalue weighted by Gasteiger charge is 2.67. The molecule has 4 rings (SSSR count). The predicted molar refractivity (Wildman–Crippen MR) is 141 cm³/mol. The highest BCUT2D eigenvalue weighted by atomic mass is 35.5. The van der Waals surface area contributed by atoms with Crippen molar-refractivity contribution in [3.05, 3.63) is 91.9 Å². The molecule has 35 heavy (non-hydrogen) atoms. The Bertz CT molecular complexity index is 1380. The highest BCUT2D eigenvalue weighted by Crippen LogP contribution is 2.65. The van der Waals surface area contributed by atoms with E-state index in [0.717, 1.165) is 5.56 Å². The summed E-state index contributed by atoms with van der Waals surface area (Å²) in [5.74, 6) is -2.15. The number of aryl methyl sites for hydroxylation is 1. The Kier molecular flexibility index (Phi) is 7.24. The van der Waals surface area contributed by atoms with Gasteiger partial charge in [-0.25, -0.2) is 0 Å². The number of carbonyl (C=O) groups excluding carboxylic acids is 2. The van der Waals surface area contributed by atoms with Crippen LogP contribution in [0.4, 0.5) is 11.4 Å².